The first-order chi connectivity index (χ1) is 11.7. The molecular weight excluding hydrogens is 324 g/mol. The number of benzene rings is 2. The molecule has 0 atom stereocenters. The number of hydrogen-bond donors (Lipinski definition) is 3. The molecule has 0 aromatic heterocycles. The molecule has 0 bridgehead atoms. The van der Waals surface area contributed by atoms with Crippen molar-refractivity contribution >= 4 is 29.2 Å². The Labute approximate surface area is 145 Å². The van der Waals surface area contributed by atoms with Gasteiger partial charge in [0.05, 0.1) is 6.54 Å². The SMILES string of the molecule is O=C(/C=C/c1ccccc1)NCCOc1ccc(C(=S)NO)cc1. The molecule has 124 valence electrons. The Morgan fingerprint density at radius 2 is 1.83 bits per heavy atom. The van der Waals surface area contributed by atoms with Crippen molar-refractivity contribution in [3.8, 4) is 5.75 Å². The summed E-state index contributed by atoms with van der Waals surface area (Å²) >= 11 is 4.90. The fourth-order valence-corrected chi connectivity index (χ4v) is 2.04. The molecule has 5 nitrogen and oxygen atoms in total. The maximum absolute atomic E-state index is 11.7. The van der Waals surface area contributed by atoms with Crippen LogP contribution in [0.15, 0.2) is 60.7 Å². The summed E-state index contributed by atoms with van der Waals surface area (Å²) in [7, 11) is 0. The minimum atomic E-state index is -0.169. The summed E-state index contributed by atoms with van der Waals surface area (Å²) in [6, 6.07) is 16.6. The molecule has 3 N–H and O–H groups in total. The van der Waals surface area contributed by atoms with E-state index in [9.17, 15) is 4.79 Å². The quantitative estimate of drug-likeness (QED) is 0.312. The predicted molar refractivity (Wildman–Crippen MR) is 97.0 cm³/mol. The highest BCUT2D eigenvalue weighted by atomic mass is 32.1. The fraction of sp³-hybridized carbons (Fsp3) is 0.111. The van der Waals surface area contributed by atoms with Crippen molar-refractivity contribution in [1.29, 1.82) is 0 Å². The van der Waals surface area contributed by atoms with Gasteiger partial charge in [0.25, 0.3) is 0 Å². The number of ether oxygens (including phenoxy) is 1. The Morgan fingerprint density at radius 3 is 2.50 bits per heavy atom. The van der Waals surface area contributed by atoms with Gasteiger partial charge in [-0.25, -0.2) is 0 Å². The van der Waals surface area contributed by atoms with E-state index in [0.29, 0.717) is 24.5 Å². The number of nitrogens with one attached hydrogen (secondary N) is 2. The van der Waals surface area contributed by atoms with E-state index in [2.05, 4.69) is 5.32 Å². The molecule has 2 aromatic rings. The number of carbonyl (C=O) groups excluding carboxylic acids is 1. The van der Waals surface area contributed by atoms with E-state index >= 15 is 0 Å². The Kier molecular flexibility index (Phi) is 6.94. The lowest BCUT2D eigenvalue weighted by atomic mass is 10.2. The zero-order valence-corrected chi connectivity index (χ0v) is 13.8. The number of hydroxylamine groups is 1. The summed E-state index contributed by atoms with van der Waals surface area (Å²) < 4.78 is 5.52. The smallest absolute Gasteiger partial charge is 0.244 e. The second-order valence-corrected chi connectivity index (χ2v) is 5.26. The second kappa shape index (κ2) is 9.44. The zero-order valence-electron chi connectivity index (χ0n) is 12.9. The Hall–Kier alpha value is -2.70. The van der Waals surface area contributed by atoms with Gasteiger partial charge >= 0.3 is 0 Å². The van der Waals surface area contributed by atoms with Crippen LogP contribution in [0.25, 0.3) is 6.08 Å². The van der Waals surface area contributed by atoms with Gasteiger partial charge in [0, 0.05) is 11.6 Å². The summed E-state index contributed by atoms with van der Waals surface area (Å²) in [6.45, 7) is 0.753. The fourth-order valence-electron chi connectivity index (χ4n) is 1.91. The number of thiocarbonyl (C=S) groups is 1. The first kappa shape index (κ1) is 17.7. The van der Waals surface area contributed by atoms with E-state index < -0.39 is 0 Å². The number of amides is 1. The summed E-state index contributed by atoms with van der Waals surface area (Å²) in [6.07, 6.45) is 3.25. The molecular formula is C18H18N2O3S. The van der Waals surface area contributed by atoms with Crippen molar-refractivity contribution < 1.29 is 14.7 Å². The molecule has 2 rings (SSSR count). The normalized spacial score (nSPS) is 10.4. The summed E-state index contributed by atoms with van der Waals surface area (Å²) in [5.74, 6) is 0.491. The van der Waals surface area contributed by atoms with Gasteiger partial charge in [-0.15, -0.1) is 0 Å². The highest BCUT2D eigenvalue weighted by Gasteiger charge is 2.00. The van der Waals surface area contributed by atoms with E-state index in [1.54, 1.807) is 30.3 Å². The van der Waals surface area contributed by atoms with E-state index in [4.69, 9.17) is 22.2 Å². The molecule has 0 aliphatic carbocycles. The van der Waals surface area contributed by atoms with Crippen LogP contribution in [-0.4, -0.2) is 29.3 Å². The van der Waals surface area contributed by atoms with Crippen molar-refractivity contribution in [2.24, 2.45) is 0 Å². The van der Waals surface area contributed by atoms with E-state index in [1.165, 1.54) is 6.08 Å². The standard InChI is InChI=1S/C18H18N2O3S/c21-17(11-6-14-4-2-1-3-5-14)19-12-13-23-16-9-7-15(8-10-16)18(24)20-22/h1-11,22H,12-13H2,(H,19,21)(H,20,24)/b11-6+. The number of carbonyl (C=O) groups is 1. The van der Waals surface area contributed by atoms with Crippen LogP contribution < -0.4 is 15.5 Å². The Bertz CT molecular complexity index is 700. The number of rotatable bonds is 7. The first-order valence-electron chi connectivity index (χ1n) is 7.37. The van der Waals surface area contributed by atoms with Gasteiger partial charge in [-0.05, 0) is 35.9 Å². The van der Waals surface area contributed by atoms with Crippen LogP contribution in [0, 0.1) is 0 Å². The molecule has 0 heterocycles. The van der Waals surface area contributed by atoms with Crippen molar-refractivity contribution in [1.82, 2.24) is 10.8 Å². The van der Waals surface area contributed by atoms with Gasteiger partial charge < -0.3 is 10.1 Å². The molecule has 0 aliphatic heterocycles. The highest BCUT2D eigenvalue weighted by Crippen LogP contribution is 2.12. The molecule has 0 radical (unpaired) electrons. The maximum Gasteiger partial charge on any atom is 0.244 e. The molecule has 1 amide bonds. The van der Waals surface area contributed by atoms with Crippen LogP contribution in [0.2, 0.25) is 0 Å². The average Bonchev–Trinajstić information content (AvgIpc) is 2.64. The van der Waals surface area contributed by atoms with Crippen molar-refractivity contribution in [3.05, 3.63) is 71.8 Å². The molecule has 0 saturated carbocycles. The maximum atomic E-state index is 11.7. The van der Waals surface area contributed by atoms with Crippen molar-refractivity contribution in [2.75, 3.05) is 13.2 Å². The predicted octanol–water partition coefficient (Wildman–Crippen LogP) is 2.55. The summed E-state index contributed by atoms with van der Waals surface area (Å²) in [4.78, 5) is 11.9. The third kappa shape index (κ3) is 5.83. The van der Waals surface area contributed by atoms with Gasteiger partial charge in [0.15, 0.2) is 0 Å². The van der Waals surface area contributed by atoms with E-state index in [0.717, 1.165) is 5.56 Å². The van der Waals surface area contributed by atoms with Gasteiger partial charge in [-0.3, -0.25) is 15.5 Å². The minimum absolute atomic E-state index is 0.169. The van der Waals surface area contributed by atoms with Gasteiger partial charge in [-0.2, -0.15) is 0 Å². The van der Waals surface area contributed by atoms with Crippen molar-refractivity contribution in [3.63, 3.8) is 0 Å². The third-order valence-electron chi connectivity index (χ3n) is 3.11. The van der Waals surface area contributed by atoms with Gasteiger partial charge in [-0.1, -0.05) is 42.5 Å². The zero-order chi connectivity index (χ0) is 17.2. The van der Waals surface area contributed by atoms with Crippen LogP contribution in [0.5, 0.6) is 5.75 Å². The average molecular weight is 342 g/mol. The van der Waals surface area contributed by atoms with Crippen molar-refractivity contribution in [2.45, 2.75) is 0 Å². The molecule has 0 fully saturated rings. The van der Waals surface area contributed by atoms with E-state index in [-0.39, 0.29) is 10.9 Å². The Balaban J connectivity index is 1.70. The van der Waals surface area contributed by atoms with Gasteiger partial charge in [0.2, 0.25) is 5.91 Å². The van der Waals surface area contributed by atoms with Crippen LogP contribution in [-0.2, 0) is 4.79 Å². The molecule has 0 saturated heterocycles. The lowest BCUT2D eigenvalue weighted by Gasteiger charge is -2.08. The summed E-state index contributed by atoms with van der Waals surface area (Å²) in [5, 5.41) is 11.5. The lowest BCUT2D eigenvalue weighted by Crippen LogP contribution is -2.26. The van der Waals surface area contributed by atoms with Crippen LogP contribution in [0.1, 0.15) is 11.1 Å². The lowest BCUT2D eigenvalue weighted by molar-refractivity contribution is -0.116. The monoisotopic (exact) mass is 342 g/mol. The van der Waals surface area contributed by atoms with Gasteiger partial charge in [0.1, 0.15) is 17.3 Å². The van der Waals surface area contributed by atoms with Crippen LogP contribution >= 0.6 is 12.2 Å². The molecule has 6 heteroatoms. The molecule has 0 aliphatic rings. The molecule has 24 heavy (non-hydrogen) atoms. The first-order valence-corrected chi connectivity index (χ1v) is 7.78. The van der Waals surface area contributed by atoms with Crippen LogP contribution in [0.3, 0.4) is 0 Å². The highest BCUT2D eigenvalue weighted by molar-refractivity contribution is 7.80. The van der Waals surface area contributed by atoms with E-state index in [1.807, 2.05) is 35.8 Å². The second-order valence-electron chi connectivity index (χ2n) is 4.85. The topological polar surface area (TPSA) is 70.6 Å². The third-order valence-corrected chi connectivity index (χ3v) is 3.44. The largest absolute Gasteiger partial charge is 0.492 e. The number of hydrogen-bond acceptors (Lipinski definition) is 4. The molecule has 0 spiro atoms. The Morgan fingerprint density at radius 1 is 1.12 bits per heavy atom. The minimum Gasteiger partial charge on any atom is -0.492 e. The summed E-state index contributed by atoms with van der Waals surface area (Å²) in [5.41, 5.74) is 3.59. The van der Waals surface area contributed by atoms with Crippen LogP contribution in [0.4, 0.5) is 0 Å². The molecule has 2 aromatic carbocycles. The molecule has 0 unspecified atom stereocenters.